The Labute approximate surface area is 230 Å². The van der Waals surface area contributed by atoms with Crippen LogP contribution in [0.4, 0.5) is 22.4 Å². The fourth-order valence-electron chi connectivity index (χ4n) is 5.58. The number of alkyl halides is 3. The van der Waals surface area contributed by atoms with Crippen molar-refractivity contribution in [3.8, 4) is 11.1 Å². The zero-order valence-corrected chi connectivity index (χ0v) is 23.0. The van der Waals surface area contributed by atoms with E-state index in [4.69, 9.17) is 14.2 Å². The number of rotatable bonds is 5. The molecule has 0 saturated carbocycles. The molecule has 0 radical (unpaired) electrons. The van der Waals surface area contributed by atoms with E-state index in [-0.39, 0.29) is 12.1 Å². The predicted molar refractivity (Wildman–Crippen MR) is 141 cm³/mol. The van der Waals surface area contributed by atoms with Crippen molar-refractivity contribution in [3.63, 3.8) is 0 Å². The largest absolute Gasteiger partial charge is 0.439 e. The van der Waals surface area contributed by atoms with E-state index in [1.54, 1.807) is 32.9 Å². The smallest absolute Gasteiger partial charge is 0.416 e. The highest BCUT2D eigenvalue weighted by Gasteiger charge is 2.42. The molecule has 2 aliphatic rings. The van der Waals surface area contributed by atoms with Crippen molar-refractivity contribution < 1.29 is 36.6 Å². The van der Waals surface area contributed by atoms with Gasteiger partial charge in [-0.3, -0.25) is 4.90 Å². The van der Waals surface area contributed by atoms with Gasteiger partial charge in [-0.2, -0.15) is 13.2 Å². The van der Waals surface area contributed by atoms with Crippen LogP contribution in [0, 0.1) is 26.6 Å². The van der Waals surface area contributed by atoms with Gasteiger partial charge >= 0.3 is 12.3 Å². The third-order valence-electron chi connectivity index (χ3n) is 7.68. The molecule has 2 aliphatic heterocycles. The molecule has 3 aromatic carbocycles. The quantitative estimate of drug-likeness (QED) is 0.301. The van der Waals surface area contributed by atoms with Crippen molar-refractivity contribution in [1.82, 2.24) is 4.90 Å². The van der Waals surface area contributed by atoms with Gasteiger partial charge in [0.15, 0.2) is 5.79 Å². The van der Waals surface area contributed by atoms with Crippen LogP contribution in [-0.2, 0) is 32.7 Å². The highest BCUT2D eigenvalue weighted by atomic mass is 19.4. The normalized spacial score (nSPS) is 20.7. The first-order valence-electron chi connectivity index (χ1n) is 13.1. The third-order valence-corrected chi connectivity index (χ3v) is 7.68. The summed E-state index contributed by atoms with van der Waals surface area (Å²) >= 11 is 0. The summed E-state index contributed by atoms with van der Waals surface area (Å²) in [6.45, 7) is 9.64. The Hall–Kier alpha value is -3.43. The van der Waals surface area contributed by atoms with Crippen LogP contribution in [0.5, 0.6) is 0 Å². The van der Waals surface area contributed by atoms with Crippen molar-refractivity contribution >= 4 is 6.09 Å². The summed E-state index contributed by atoms with van der Waals surface area (Å²) in [7, 11) is 0. The summed E-state index contributed by atoms with van der Waals surface area (Å²) in [6.07, 6.45) is -5.99. The molecule has 0 aliphatic carbocycles. The standard InChI is InChI=1S/C31H31F4NO4/c1-17-6-7-24(25-15-26(27(32)13-19(25)3)30(5)38-8-9-39-30)22(10-17)16-36-20(4)28(40-29(36)37)21-11-18(2)12-23(14-21)31(33,34)35/h6-7,10-15,20,28H,8-9,16H2,1-5H3/t20-,28-/m0/s1. The number of benzene rings is 3. The maximum absolute atomic E-state index is 15.1. The van der Waals surface area contributed by atoms with Crippen molar-refractivity contribution in [2.45, 2.75) is 65.3 Å². The summed E-state index contributed by atoms with van der Waals surface area (Å²) in [6, 6.07) is 12.2. The Morgan fingerprint density at radius 3 is 2.33 bits per heavy atom. The second-order valence-electron chi connectivity index (χ2n) is 10.8. The number of hydrogen-bond acceptors (Lipinski definition) is 4. The van der Waals surface area contributed by atoms with E-state index in [1.807, 2.05) is 32.0 Å². The molecule has 2 saturated heterocycles. The summed E-state index contributed by atoms with van der Waals surface area (Å²) in [4.78, 5) is 14.6. The molecule has 2 fully saturated rings. The Morgan fingerprint density at radius 2 is 1.65 bits per heavy atom. The summed E-state index contributed by atoms with van der Waals surface area (Å²) in [5, 5.41) is 0. The number of carbonyl (C=O) groups excluding carboxylic acids is 1. The lowest BCUT2D eigenvalue weighted by Crippen LogP contribution is -2.31. The number of aryl methyl sites for hydroxylation is 3. The van der Waals surface area contributed by atoms with Gasteiger partial charge in [0, 0.05) is 5.56 Å². The highest BCUT2D eigenvalue weighted by molar-refractivity contribution is 5.75. The van der Waals surface area contributed by atoms with Crippen LogP contribution >= 0.6 is 0 Å². The Bertz CT molecular complexity index is 1460. The molecule has 40 heavy (non-hydrogen) atoms. The Morgan fingerprint density at radius 1 is 0.950 bits per heavy atom. The maximum Gasteiger partial charge on any atom is 0.416 e. The van der Waals surface area contributed by atoms with Gasteiger partial charge in [0.25, 0.3) is 0 Å². The minimum Gasteiger partial charge on any atom is -0.439 e. The van der Waals surface area contributed by atoms with E-state index in [1.165, 1.54) is 11.0 Å². The number of amides is 1. The molecule has 212 valence electrons. The van der Waals surface area contributed by atoms with Gasteiger partial charge in [-0.1, -0.05) is 35.4 Å². The molecule has 0 unspecified atom stereocenters. The Kier molecular flexibility index (Phi) is 7.17. The third kappa shape index (κ3) is 5.20. The molecule has 2 atom stereocenters. The molecule has 1 amide bonds. The van der Waals surface area contributed by atoms with Crippen molar-refractivity contribution in [2.75, 3.05) is 13.2 Å². The van der Waals surface area contributed by atoms with E-state index in [9.17, 15) is 18.0 Å². The van der Waals surface area contributed by atoms with E-state index >= 15 is 4.39 Å². The molecule has 5 nitrogen and oxygen atoms in total. The van der Waals surface area contributed by atoms with Crippen LogP contribution in [0.2, 0.25) is 0 Å². The first kappa shape index (κ1) is 28.1. The molecular weight excluding hydrogens is 526 g/mol. The average molecular weight is 558 g/mol. The zero-order chi connectivity index (χ0) is 29.0. The molecule has 0 spiro atoms. The van der Waals surface area contributed by atoms with Crippen molar-refractivity contribution in [3.05, 3.63) is 93.3 Å². The number of nitrogens with zero attached hydrogens (tertiary/aromatic N) is 1. The molecular formula is C31H31F4NO4. The summed E-state index contributed by atoms with van der Waals surface area (Å²) in [5.74, 6) is -1.64. The second kappa shape index (κ2) is 10.2. The molecule has 9 heteroatoms. The fraction of sp³-hybridized carbons (Fsp3) is 0.387. The number of hydrogen-bond donors (Lipinski definition) is 0. The SMILES string of the molecule is Cc1cc([C@H]2OC(=O)N(Cc3cc(C)ccc3-c3cc(C4(C)OCCO4)c(F)cc3C)[C@H]2C)cc(C(F)(F)F)c1. The number of cyclic esters (lactones) is 1. The molecule has 0 N–H and O–H groups in total. The second-order valence-corrected chi connectivity index (χ2v) is 10.8. The zero-order valence-electron chi connectivity index (χ0n) is 23.0. The average Bonchev–Trinajstić information content (AvgIpc) is 3.43. The van der Waals surface area contributed by atoms with Gasteiger partial charge in [0.05, 0.1) is 31.4 Å². The topological polar surface area (TPSA) is 48.0 Å². The monoisotopic (exact) mass is 557 g/mol. The fourth-order valence-corrected chi connectivity index (χ4v) is 5.58. The van der Waals surface area contributed by atoms with E-state index in [0.717, 1.165) is 34.4 Å². The van der Waals surface area contributed by atoms with Crippen LogP contribution in [0.25, 0.3) is 11.1 Å². The molecule has 2 heterocycles. The first-order valence-corrected chi connectivity index (χ1v) is 13.1. The molecule has 3 aromatic rings. The van der Waals surface area contributed by atoms with E-state index in [0.29, 0.717) is 29.9 Å². The highest BCUT2D eigenvalue weighted by Crippen LogP contribution is 2.40. The molecule has 5 rings (SSSR count). The van der Waals surface area contributed by atoms with Crippen LogP contribution in [-0.4, -0.2) is 30.2 Å². The van der Waals surface area contributed by atoms with E-state index < -0.39 is 41.6 Å². The van der Waals surface area contributed by atoms with Crippen LogP contribution in [0.1, 0.15) is 58.9 Å². The lowest BCUT2D eigenvalue weighted by molar-refractivity contribution is -0.151. The van der Waals surface area contributed by atoms with Gasteiger partial charge in [0.1, 0.15) is 11.9 Å². The van der Waals surface area contributed by atoms with Crippen molar-refractivity contribution in [2.24, 2.45) is 0 Å². The van der Waals surface area contributed by atoms with Gasteiger partial charge in [-0.15, -0.1) is 0 Å². The van der Waals surface area contributed by atoms with Gasteiger partial charge in [-0.25, -0.2) is 9.18 Å². The van der Waals surface area contributed by atoms with Crippen LogP contribution < -0.4 is 0 Å². The van der Waals surface area contributed by atoms with Gasteiger partial charge in [-0.05, 0) is 86.7 Å². The van der Waals surface area contributed by atoms with Crippen LogP contribution in [0.3, 0.4) is 0 Å². The van der Waals surface area contributed by atoms with Crippen LogP contribution in [0.15, 0.2) is 48.5 Å². The van der Waals surface area contributed by atoms with Gasteiger partial charge in [0.2, 0.25) is 0 Å². The summed E-state index contributed by atoms with van der Waals surface area (Å²) < 4.78 is 72.5. The minimum atomic E-state index is -4.51. The molecule has 0 aromatic heterocycles. The van der Waals surface area contributed by atoms with E-state index in [2.05, 4.69) is 0 Å². The minimum absolute atomic E-state index is 0.155. The van der Waals surface area contributed by atoms with Crippen molar-refractivity contribution in [1.29, 1.82) is 0 Å². The first-order chi connectivity index (χ1) is 18.8. The summed E-state index contributed by atoms with van der Waals surface area (Å²) in [5.41, 5.74) is 4.23. The lowest BCUT2D eigenvalue weighted by atomic mass is 9.90. The maximum atomic E-state index is 15.1. The van der Waals surface area contributed by atoms with Gasteiger partial charge < -0.3 is 14.2 Å². The Balaban J connectivity index is 1.50. The number of carbonyl (C=O) groups is 1. The predicted octanol–water partition coefficient (Wildman–Crippen LogP) is 7.74. The number of ether oxygens (including phenoxy) is 3. The molecule has 0 bridgehead atoms. The number of halogens is 4. The lowest BCUT2D eigenvalue weighted by Gasteiger charge is -2.26.